The van der Waals surface area contributed by atoms with Crippen LogP contribution in [0.15, 0.2) is 47.2 Å². The highest BCUT2D eigenvalue weighted by atomic mass is 79.9. The molecular formula is C13H11BrN2O2. The van der Waals surface area contributed by atoms with E-state index in [9.17, 15) is 9.90 Å². The van der Waals surface area contributed by atoms with Crippen LogP contribution >= 0.6 is 15.9 Å². The Labute approximate surface area is 113 Å². The number of benzene rings is 1. The van der Waals surface area contributed by atoms with Gasteiger partial charge in [-0.3, -0.25) is 9.78 Å². The molecule has 1 heterocycles. The number of carbonyl (C=O) groups excluding carboxylic acids is 1. The van der Waals surface area contributed by atoms with Gasteiger partial charge < -0.3 is 10.4 Å². The molecule has 0 saturated heterocycles. The van der Waals surface area contributed by atoms with Gasteiger partial charge in [0.2, 0.25) is 0 Å². The summed E-state index contributed by atoms with van der Waals surface area (Å²) in [5.74, 6) is -0.260. The molecule has 18 heavy (non-hydrogen) atoms. The van der Waals surface area contributed by atoms with E-state index in [0.29, 0.717) is 16.8 Å². The fourth-order valence-electron chi connectivity index (χ4n) is 1.51. The highest BCUT2D eigenvalue weighted by molar-refractivity contribution is 9.10. The number of aromatic nitrogens is 1. The van der Waals surface area contributed by atoms with Gasteiger partial charge in [-0.1, -0.05) is 18.2 Å². The zero-order valence-electron chi connectivity index (χ0n) is 9.43. The third kappa shape index (κ3) is 2.94. The highest BCUT2D eigenvalue weighted by Gasteiger charge is 2.09. The molecule has 0 atom stereocenters. The lowest BCUT2D eigenvalue weighted by molar-refractivity contribution is 0.102. The number of halogens is 1. The molecule has 0 bridgehead atoms. The Bertz CT molecular complexity index is 572. The summed E-state index contributed by atoms with van der Waals surface area (Å²) < 4.78 is 0.741. The van der Waals surface area contributed by atoms with Gasteiger partial charge in [-0.15, -0.1) is 0 Å². The summed E-state index contributed by atoms with van der Waals surface area (Å²) in [6.45, 7) is -0.118. The highest BCUT2D eigenvalue weighted by Crippen LogP contribution is 2.17. The van der Waals surface area contributed by atoms with Crippen molar-refractivity contribution in [2.24, 2.45) is 0 Å². The second-order valence-electron chi connectivity index (χ2n) is 3.66. The van der Waals surface area contributed by atoms with E-state index in [1.165, 1.54) is 6.20 Å². The number of pyridine rings is 1. The van der Waals surface area contributed by atoms with Crippen LogP contribution in [0.1, 0.15) is 15.9 Å². The number of hydrogen-bond donors (Lipinski definition) is 2. The van der Waals surface area contributed by atoms with Crippen LogP contribution in [-0.4, -0.2) is 16.0 Å². The zero-order valence-corrected chi connectivity index (χ0v) is 11.0. The molecule has 4 nitrogen and oxygen atoms in total. The summed E-state index contributed by atoms with van der Waals surface area (Å²) in [6.07, 6.45) is 3.10. The van der Waals surface area contributed by atoms with Crippen molar-refractivity contribution in [3.63, 3.8) is 0 Å². The Kier molecular flexibility index (Phi) is 4.07. The standard InChI is InChI=1S/C13H11BrN2O2/c14-11-5-10(6-15-7-11)13(18)16-12-4-2-1-3-9(12)8-17/h1-7,17H,8H2,(H,16,18). The average molecular weight is 307 g/mol. The van der Waals surface area contributed by atoms with Crippen LogP contribution in [-0.2, 0) is 6.61 Å². The summed E-state index contributed by atoms with van der Waals surface area (Å²) in [5, 5.41) is 11.9. The molecular weight excluding hydrogens is 296 g/mol. The monoisotopic (exact) mass is 306 g/mol. The van der Waals surface area contributed by atoms with Crippen LogP contribution in [0.3, 0.4) is 0 Å². The van der Waals surface area contributed by atoms with E-state index in [2.05, 4.69) is 26.2 Å². The van der Waals surface area contributed by atoms with Crippen LogP contribution in [0.5, 0.6) is 0 Å². The number of nitrogens with one attached hydrogen (secondary N) is 1. The summed E-state index contributed by atoms with van der Waals surface area (Å²) >= 11 is 3.26. The van der Waals surface area contributed by atoms with Gasteiger partial charge in [0.25, 0.3) is 5.91 Å². The zero-order chi connectivity index (χ0) is 13.0. The van der Waals surface area contributed by atoms with Gasteiger partial charge in [0.15, 0.2) is 0 Å². The maximum absolute atomic E-state index is 12.0. The summed E-state index contributed by atoms with van der Waals surface area (Å²) in [7, 11) is 0. The number of amides is 1. The van der Waals surface area contributed by atoms with Crippen molar-refractivity contribution in [2.45, 2.75) is 6.61 Å². The Morgan fingerprint density at radius 1 is 1.33 bits per heavy atom. The van der Waals surface area contributed by atoms with Gasteiger partial charge >= 0.3 is 0 Å². The maximum atomic E-state index is 12.0. The Balaban J connectivity index is 2.21. The topological polar surface area (TPSA) is 62.2 Å². The van der Waals surface area contributed by atoms with Crippen LogP contribution in [0.25, 0.3) is 0 Å². The van der Waals surface area contributed by atoms with Gasteiger partial charge in [0.1, 0.15) is 0 Å². The number of hydrogen-bond acceptors (Lipinski definition) is 3. The van der Waals surface area contributed by atoms with Gasteiger partial charge in [0, 0.05) is 28.1 Å². The molecule has 0 saturated carbocycles. The Morgan fingerprint density at radius 3 is 2.83 bits per heavy atom. The number of aliphatic hydroxyl groups is 1. The number of carbonyl (C=O) groups is 1. The van der Waals surface area contributed by atoms with Gasteiger partial charge in [-0.05, 0) is 28.1 Å². The Morgan fingerprint density at radius 2 is 2.11 bits per heavy atom. The first kappa shape index (κ1) is 12.7. The predicted octanol–water partition coefficient (Wildman–Crippen LogP) is 2.59. The normalized spacial score (nSPS) is 10.1. The van der Waals surface area contributed by atoms with Crippen LogP contribution < -0.4 is 5.32 Å². The number of rotatable bonds is 3. The van der Waals surface area contributed by atoms with Crippen molar-refractivity contribution in [1.82, 2.24) is 4.98 Å². The van der Waals surface area contributed by atoms with E-state index in [1.54, 1.807) is 30.5 Å². The minimum absolute atomic E-state index is 0.118. The van der Waals surface area contributed by atoms with Gasteiger partial charge in [-0.2, -0.15) is 0 Å². The first-order valence-corrected chi connectivity index (χ1v) is 6.10. The summed E-state index contributed by atoms with van der Waals surface area (Å²) in [5.41, 5.74) is 1.73. The number of nitrogens with zero attached hydrogens (tertiary/aromatic N) is 1. The van der Waals surface area contributed by atoms with Gasteiger partial charge in [0.05, 0.1) is 12.2 Å². The van der Waals surface area contributed by atoms with E-state index in [4.69, 9.17) is 0 Å². The van der Waals surface area contributed by atoms with Crippen molar-refractivity contribution < 1.29 is 9.90 Å². The maximum Gasteiger partial charge on any atom is 0.257 e. The molecule has 0 aliphatic heterocycles. The third-order valence-corrected chi connectivity index (χ3v) is 2.84. The van der Waals surface area contributed by atoms with Crippen molar-refractivity contribution in [1.29, 1.82) is 0 Å². The fourth-order valence-corrected chi connectivity index (χ4v) is 1.88. The molecule has 0 radical (unpaired) electrons. The number of para-hydroxylation sites is 1. The lowest BCUT2D eigenvalue weighted by atomic mass is 10.2. The first-order valence-electron chi connectivity index (χ1n) is 5.31. The second kappa shape index (κ2) is 5.75. The minimum Gasteiger partial charge on any atom is -0.392 e. The van der Waals surface area contributed by atoms with Crippen LogP contribution in [0.2, 0.25) is 0 Å². The molecule has 92 valence electrons. The van der Waals surface area contributed by atoms with Gasteiger partial charge in [-0.25, -0.2) is 0 Å². The molecule has 2 N–H and O–H groups in total. The van der Waals surface area contributed by atoms with Crippen LogP contribution in [0.4, 0.5) is 5.69 Å². The molecule has 1 aromatic heterocycles. The lowest BCUT2D eigenvalue weighted by Crippen LogP contribution is -2.13. The van der Waals surface area contributed by atoms with E-state index < -0.39 is 0 Å². The molecule has 1 amide bonds. The molecule has 0 spiro atoms. The quantitative estimate of drug-likeness (QED) is 0.916. The average Bonchev–Trinajstić information content (AvgIpc) is 2.39. The Hall–Kier alpha value is -1.72. The van der Waals surface area contributed by atoms with E-state index in [1.807, 2.05) is 6.07 Å². The summed E-state index contributed by atoms with van der Waals surface area (Å²) in [4.78, 5) is 15.9. The molecule has 0 fully saturated rings. The third-order valence-electron chi connectivity index (χ3n) is 2.40. The fraction of sp³-hybridized carbons (Fsp3) is 0.0769. The predicted molar refractivity (Wildman–Crippen MR) is 72.3 cm³/mol. The number of anilines is 1. The van der Waals surface area contributed by atoms with E-state index in [-0.39, 0.29) is 12.5 Å². The molecule has 2 rings (SSSR count). The molecule has 0 aliphatic carbocycles. The molecule has 2 aromatic rings. The van der Waals surface area contributed by atoms with Crippen molar-refractivity contribution in [3.05, 3.63) is 58.3 Å². The van der Waals surface area contributed by atoms with Crippen LogP contribution in [0, 0.1) is 0 Å². The first-order chi connectivity index (χ1) is 8.70. The molecule has 0 unspecified atom stereocenters. The lowest BCUT2D eigenvalue weighted by Gasteiger charge is -2.09. The summed E-state index contributed by atoms with van der Waals surface area (Å²) in [6, 6.07) is 8.79. The van der Waals surface area contributed by atoms with E-state index in [0.717, 1.165) is 4.47 Å². The van der Waals surface area contributed by atoms with Crippen molar-refractivity contribution in [3.8, 4) is 0 Å². The largest absolute Gasteiger partial charge is 0.392 e. The second-order valence-corrected chi connectivity index (χ2v) is 4.58. The van der Waals surface area contributed by atoms with E-state index >= 15 is 0 Å². The smallest absolute Gasteiger partial charge is 0.257 e. The SMILES string of the molecule is O=C(Nc1ccccc1CO)c1cncc(Br)c1. The number of aliphatic hydroxyl groups excluding tert-OH is 1. The molecule has 0 aliphatic rings. The minimum atomic E-state index is -0.260. The van der Waals surface area contributed by atoms with Crippen molar-refractivity contribution >= 4 is 27.5 Å². The van der Waals surface area contributed by atoms with Crippen molar-refractivity contribution in [2.75, 3.05) is 5.32 Å². The molecule has 5 heteroatoms. The molecule has 1 aromatic carbocycles.